The summed E-state index contributed by atoms with van der Waals surface area (Å²) in [5, 5.41) is 2.48. The summed E-state index contributed by atoms with van der Waals surface area (Å²) in [6.07, 6.45) is 4.92. The minimum Gasteiger partial charge on any atom is -0.296 e. The van der Waals surface area contributed by atoms with Crippen molar-refractivity contribution in [1.82, 2.24) is 5.32 Å². The van der Waals surface area contributed by atoms with E-state index in [9.17, 15) is 9.59 Å². The zero-order chi connectivity index (χ0) is 13.1. The van der Waals surface area contributed by atoms with E-state index < -0.39 is 0 Å². The number of carbonyl (C=O) groups excluding carboxylic acids is 2. The second kappa shape index (κ2) is 5.65. The summed E-state index contributed by atoms with van der Waals surface area (Å²) in [6.45, 7) is 8.40. The van der Waals surface area contributed by atoms with Gasteiger partial charge in [-0.05, 0) is 17.8 Å². The van der Waals surface area contributed by atoms with Crippen LogP contribution in [0.2, 0.25) is 0 Å². The maximum Gasteiger partial charge on any atom is 0.230 e. The zero-order valence-electron chi connectivity index (χ0n) is 11.5. The lowest BCUT2D eigenvalue weighted by molar-refractivity contribution is -0.145. The number of amides is 2. The first kappa shape index (κ1) is 14.2. The van der Waals surface area contributed by atoms with Crippen molar-refractivity contribution in [2.24, 2.45) is 17.3 Å². The largest absolute Gasteiger partial charge is 0.296 e. The molecule has 1 aliphatic heterocycles. The lowest BCUT2D eigenvalue weighted by Gasteiger charge is -2.42. The molecule has 0 aliphatic carbocycles. The number of unbranched alkanes of at least 4 members (excludes halogenated alkanes) is 2. The molecule has 1 aliphatic rings. The summed E-state index contributed by atoms with van der Waals surface area (Å²) < 4.78 is 0. The number of rotatable bonds is 5. The Bertz CT molecular complexity index is 299. The third-order valence-corrected chi connectivity index (χ3v) is 3.88. The van der Waals surface area contributed by atoms with Crippen molar-refractivity contribution in [2.75, 3.05) is 0 Å². The van der Waals surface area contributed by atoms with Crippen molar-refractivity contribution in [3.05, 3.63) is 0 Å². The lowest BCUT2D eigenvalue weighted by atomic mass is 9.64. The molecule has 0 aromatic carbocycles. The predicted octanol–water partition coefficient (Wildman–Crippen LogP) is 2.89. The SMILES string of the molecule is CCCCCC1(C)CC(=O)NC(=O)C1C(C)C. The number of hydrogen-bond donors (Lipinski definition) is 1. The molecule has 0 saturated carbocycles. The summed E-state index contributed by atoms with van der Waals surface area (Å²) in [5.74, 6) is 0.0768. The van der Waals surface area contributed by atoms with Gasteiger partial charge in [-0.25, -0.2) is 0 Å². The van der Waals surface area contributed by atoms with Crippen LogP contribution in [0.3, 0.4) is 0 Å². The first-order chi connectivity index (χ1) is 7.90. The molecule has 98 valence electrons. The Kier molecular flexibility index (Phi) is 4.72. The second-order valence-electron chi connectivity index (χ2n) is 5.92. The van der Waals surface area contributed by atoms with Crippen LogP contribution in [0.4, 0.5) is 0 Å². The molecule has 2 unspecified atom stereocenters. The van der Waals surface area contributed by atoms with Crippen molar-refractivity contribution in [3.8, 4) is 0 Å². The van der Waals surface area contributed by atoms with Gasteiger partial charge in [0.25, 0.3) is 0 Å². The molecule has 1 heterocycles. The first-order valence-electron chi connectivity index (χ1n) is 6.74. The van der Waals surface area contributed by atoms with Gasteiger partial charge < -0.3 is 0 Å². The van der Waals surface area contributed by atoms with E-state index in [0.717, 1.165) is 12.8 Å². The summed E-state index contributed by atoms with van der Waals surface area (Å²) in [7, 11) is 0. The van der Waals surface area contributed by atoms with Gasteiger partial charge in [-0.15, -0.1) is 0 Å². The quantitative estimate of drug-likeness (QED) is 0.592. The van der Waals surface area contributed by atoms with Gasteiger partial charge in [0, 0.05) is 12.3 Å². The van der Waals surface area contributed by atoms with E-state index in [1.165, 1.54) is 12.8 Å². The van der Waals surface area contributed by atoms with Crippen molar-refractivity contribution in [1.29, 1.82) is 0 Å². The van der Waals surface area contributed by atoms with Gasteiger partial charge in [0.1, 0.15) is 0 Å². The van der Waals surface area contributed by atoms with E-state index in [1.54, 1.807) is 0 Å². The van der Waals surface area contributed by atoms with E-state index in [2.05, 4.69) is 33.0 Å². The molecule has 1 N–H and O–H groups in total. The maximum absolute atomic E-state index is 12.0. The van der Waals surface area contributed by atoms with E-state index >= 15 is 0 Å². The molecule has 2 atom stereocenters. The Morgan fingerprint density at radius 3 is 2.53 bits per heavy atom. The van der Waals surface area contributed by atoms with Gasteiger partial charge in [0.2, 0.25) is 11.8 Å². The van der Waals surface area contributed by atoms with Gasteiger partial charge >= 0.3 is 0 Å². The topological polar surface area (TPSA) is 46.2 Å². The van der Waals surface area contributed by atoms with Gasteiger partial charge in [-0.2, -0.15) is 0 Å². The summed E-state index contributed by atoms with van der Waals surface area (Å²) >= 11 is 0. The average Bonchev–Trinajstić information content (AvgIpc) is 2.15. The van der Waals surface area contributed by atoms with Crippen LogP contribution in [0.15, 0.2) is 0 Å². The summed E-state index contributed by atoms with van der Waals surface area (Å²) in [4.78, 5) is 23.5. The van der Waals surface area contributed by atoms with Crippen molar-refractivity contribution >= 4 is 11.8 Å². The fraction of sp³-hybridized carbons (Fsp3) is 0.857. The number of carbonyl (C=O) groups is 2. The molecule has 1 rings (SSSR count). The Morgan fingerprint density at radius 1 is 1.35 bits per heavy atom. The zero-order valence-corrected chi connectivity index (χ0v) is 11.5. The molecule has 2 amide bonds. The molecular weight excluding hydrogens is 214 g/mol. The van der Waals surface area contributed by atoms with E-state index in [-0.39, 0.29) is 29.1 Å². The highest BCUT2D eigenvalue weighted by Gasteiger charge is 2.45. The molecule has 0 spiro atoms. The monoisotopic (exact) mass is 239 g/mol. The maximum atomic E-state index is 12.0. The minimum absolute atomic E-state index is 0.0305. The molecule has 3 nitrogen and oxygen atoms in total. The molecule has 17 heavy (non-hydrogen) atoms. The van der Waals surface area contributed by atoms with Crippen LogP contribution >= 0.6 is 0 Å². The van der Waals surface area contributed by atoms with Gasteiger partial charge in [-0.1, -0.05) is 47.0 Å². The highest BCUT2D eigenvalue weighted by molar-refractivity contribution is 5.99. The Balaban J connectivity index is 2.81. The lowest BCUT2D eigenvalue weighted by Crippen LogP contribution is -2.52. The highest BCUT2D eigenvalue weighted by atomic mass is 16.2. The standard InChI is InChI=1S/C14H25NO2/c1-5-6-7-8-14(4)9-11(16)15-13(17)12(14)10(2)3/h10,12H,5-9H2,1-4H3,(H,15,16,17). The first-order valence-corrected chi connectivity index (χ1v) is 6.74. The molecule has 1 fully saturated rings. The van der Waals surface area contributed by atoms with Crippen LogP contribution in [0, 0.1) is 17.3 Å². The van der Waals surface area contributed by atoms with Crippen LogP contribution in [-0.2, 0) is 9.59 Å². The molecule has 0 radical (unpaired) electrons. The highest BCUT2D eigenvalue weighted by Crippen LogP contribution is 2.43. The molecule has 0 bridgehead atoms. The van der Waals surface area contributed by atoms with Gasteiger partial charge in [0.15, 0.2) is 0 Å². The average molecular weight is 239 g/mol. The van der Waals surface area contributed by atoms with Crippen LogP contribution < -0.4 is 5.32 Å². The van der Waals surface area contributed by atoms with Crippen molar-refractivity contribution in [2.45, 2.75) is 59.8 Å². The normalized spacial score (nSPS) is 29.6. The summed E-state index contributed by atoms with van der Waals surface area (Å²) in [6, 6.07) is 0. The summed E-state index contributed by atoms with van der Waals surface area (Å²) in [5.41, 5.74) is -0.150. The molecule has 3 heteroatoms. The van der Waals surface area contributed by atoms with Crippen LogP contribution in [-0.4, -0.2) is 11.8 Å². The Labute approximate surface area is 104 Å². The van der Waals surface area contributed by atoms with Gasteiger partial charge in [-0.3, -0.25) is 14.9 Å². The fourth-order valence-corrected chi connectivity index (χ4v) is 3.18. The molecule has 0 aromatic rings. The van der Waals surface area contributed by atoms with Crippen molar-refractivity contribution in [3.63, 3.8) is 0 Å². The van der Waals surface area contributed by atoms with E-state index in [0.29, 0.717) is 6.42 Å². The third kappa shape index (κ3) is 3.30. The second-order valence-corrected chi connectivity index (χ2v) is 5.92. The van der Waals surface area contributed by atoms with Crippen LogP contribution in [0.25, 0.3) is 0 Å². The van der Waals surface area contributed by atoms with Crippen LogP contribution in [0.1, 0.15) is 59.8 Å². The minimum atomic E-state index is -0.150. The molecule has 1 saturated heterocycles. The molecule has 0 aromatic heterocycles. The number of hydrogen-bond acceptors (Lipinski definition) is 2. The molecular formula is C14H25NO2. The van der Waals surface area contributed by atoms with Crippen LogP contribution in [0.5, 0.6) is 0 Å². The number of nitrogens with one attached hydrogen (secondary N) is 1. The predicted molar refractivity (Wildman–Crippen MR) is 68.3 cm³/mol. The number of piperidine rings is 1. The Morgan fingerprint density at radius 2 is 2.00 bits per heavy atom. The van der Waals surface area contributed by atoms with E-state index in [4.69, 9.17) is 0 Å². The van der Waals surface area contributed by atoms with E-state index in [1.807, 2.05) is 0 Å². The smallest absolute Gasteiger partial charge is 0.230 e. The Hall–Kier alpha value is -0.860. The van der Waals surface area contributed by atoms with Gasteiger partial charge in [0.05, 0.1) is 0 Å². The fourth-order valence-electron chi connectivity index (χ4n) is 3.18. The third-order valence-electron chi connectivity index (χ3n) is 3.88. The van der Waals surface area contributed by atoms with Crippen molar-refractivity contribution < 1.29 is 9.59 Å². The number of imide groups is 1.